The van der Waals surface area contributed by atoms with Crippen LogP contribution in [-0.2, 0) is 11.2 Å². The lowest BCUT2D eigenvalue weighted by Crippen LogP contribution is -2.43. The van der Waals surface area contributed by atoms with Crippen LogP contribution in [0.25, 0.3) is 32.9 Å². The highest BCUT2D eigenvalue weighted by Crippen LogP contribution is 2.41. The number of alkyl halides is 1. The summed E-state index contributed by atoms with van der Waals surface area (Å²) >= 11 is 0. The zero-order valence-electron chi connectivity index (χ0n) is 25.6. The average molecular weight is 636 g/mol. The number of rotatable bonds is 9. The van der Waals surface area contributed by atoms with Crippen LogP contribution in [0, 0.1) is 24.0 Å². The minimum atomic E-state index is -0.904. The molecule has 0 spiro atoms. The van der Waals surface area contributed by atoms with Gasteiger partial charge in [0.05, 0.1) is 23.1 Å². The number of fused-ring (bicyclic) bond motifs is 3. The Labute approximate surface area is 270 Å². The molecule has 10 heteroatoms. The van der Waals surface area contributed by atoms with Gasteiger partial charge in [-0.15, -0.1) is 6.42 Å². The summed E-state index contributed by atoms with van der Waals surface area (Å²) in [4.78, 5) is 15.8. The number of anilines is 1. The molecule has 7 nitrogen and oxygen atoms in total. The second-order valence-electron chi connectivity index (χ2n) is 12.6. The van der Waals surface area contributed by atoms with Crippen LogP contribution in [0.1, 0.15) is 42.1 Å². The number of terminal acetylenes is 1. The van der Waals surface area contributed by atoms with E-state index in [4.69, 9.17) is 20.9 Å². The number of hydrogen-bond donors (Lipinski definition) is 1. The summed E-state index contributed by atoms with van der Waals surface area (Å²) in [5.41, 5.74) is 2.20. The lowest BCUT2D eigenvalue weighted by atomic mass is 9.95. The normalized spacial score (nSPS) is 22.0. The van der Waals surface area contributed by atoms with Crippen molar-refractivity contribution in [2.45, 2.75) is 43.5 Å². The molecule has 5 aromatic rings. The summed E-state index contributed by atoms with van der Waals surface area (Å²) in [6.07, 6.45) is 9.35. The van der Waals surface area contributed by atoms with Gasteiger partial charge >= 0.3 is 6.01 Å². The molecule has 3 aliphatic rings. The average Bonchev–Trinajstić information content (AvgIpc) is 3.80. The Morgan fingerprint density at radius 1 is 1.13 bits per heavy atom. The van der Waals surface area contributed by atoms with Gasteiger partial charge in [-0.2, -0.15) is 4.98 Å². The third-order valence-corrected chi connectivity index (χ3v) is 9.65. The largest absolute Gasteiger partial charge is 0.461 e. The highest BCUT2D eigenvalue weighted by Gasteiger charge is 2.49. The molecular formula is C37H32F3N5O2. The van der Waals surface area contributed by atoms with Crippen molar-refractivity contribution in [3.8, 4) is 29.6 Å². The minimum absolute atomic E-state index is 0.00149. The van der Waals surface area contributed by atoms with E-state index in [0.717, 1.165) is 37.1 Å². The van der Waals surface area contributed by atoms with Gasteiger partial charge in [-0.3, -0.25) is 4.90 Å². The lowest BCUT2D eigenvalue weighted by Gasteiger charge is -2.30. The van der Waals surface area contributed by atoms with E-state index >= 15 is 4.39 Å². The summed E-state index contributed by atoms with van der Waals surface area (Å²) < 4.78 is 57.4. The topological polar surface area (TPSA) is 75.7 Å². The van der Waals surface area contributed by atoms with Crippen LogP contribution in [0.5, 0.6) is 6.01 Å². The maximum Gasteiger partial charge on any atom is 0.317 e. The standard InChI is InChI=1S/C37H32F3N5O2/c1-2-26-29(39)11-10-23-7-4-9-27(31(23)26)33-32(40)34-28(35(43-33)41-14-12-22-6-3-8-24(16-22)30-20-46-30)18-42-36(44-34)47-21-37-13-5-15-45(37)19-25(38)17-37/h1,3-4,6-11,16,18,25,30H,5,12-15,17,19-21H2,(H,41,43)/t25-,30?,37+/m1/s1. The molecule has 0 radical (unpaired) electrons. The van der Waals surface area contributed by atoms with Gasteiger partial charge in [0, 0.05) is 36.7 Å². The molecule has 0 bridgehead atoms. The van der Waals surface area contributed by atoms with Crippen molar-refractivity contribution in [2.75, 3.05) is 38.2 Å². The molecule has 0 saturated carbocycles. The summed E-state index contributed by atoms with van der Waals surface area (Å²) in [6.45, 7) is 2.65. The van der Waals surface area contributed by atoms with Crippen molar-refractivity contribution in [3.63, 3.8) is 0 Å². The maximum atomic E-state index is 16.6. The Balaban J connectivity index is 1.18. The Bertz CT molecular complexity index is 2060. The molecule has 3 aromatic carbocycles. The Morgan fingerprint density at radius 2 is 2.00 bits per heavy atom. The summed E-state index contributed by atoms with van der Waals surface area (Å²) in [7, 11) is 0. The zero-order valence-corrected chi connectivity index (χ0v) is 25.6. The number of nitrogens with zero attached hydrogens (tertiary/aromatic N) is 4. The second-order valence-corrected chi connectivity index (χ2v) is 12.6. The van der Waals surface area contributed by atoms with E-state index in [9.17, 15) is 8.78 Å². The van der Waals surface area contributed by atoms with Gasteiger partial charge in [-0.05, 0) is 48.4 Å². The first-order chi connectivity index (χ1) is 22.9. The van der Waals surface area contributed by atoms with Crippen LogP contribution in [0.15, 0.2) is 60.8 Å². The first-order valence-electron chi connectivity index (χ1n) is 15.9. The van der Waals surface area contributed by atoms with Crippen LogP contribution in [0.3, 0.4) is 0 Å². The van der Waals surface area contributed by atoms with Gasteiger partial charge in [0.1, 0.15) is 41.7 Å². The van der Waals surface area contributed by atoms with E-state index < -0.39 is 23.3 Å². The SMILES string of the molecule is C#Cc1c(F)ccc2cccc(-c3nc(NCCc4cccc(C5CO5)c4)c4cnc(OC[C@@]56CCCN5C[C@H](F)C6)nc4c3F)c12. The second kappa shape index (κ2) is 11.8. The fourth-order valence-electron chi connectivity index (χ4n) is 7.28. The fourth-order valence-corrected chi connectivity index (χ4v) is 7.28. The molecule has 238 valence electrons. The van der Waals surface area contributed by atoms with Gasteiger partial charge in [-0.25, -0.2) is 23.1 Å². The molecule has 2 aromatic heterocycles. The molecular weight excluding hydrogens is 603 g/mol. The molecule has 3 aliphatic heterocycles. The number of epoxide rings is 1. The van der Waals surface area contributed by atoms with Crippen molar-refractivity contribution in [2.24, 2.45) is 0 Å². The van der Waals surface area contributed by atoms with Gasteiger partial charge < -0.3 is 14.8 Å². The van der Waals surface area contributed by atoms with Crippen molar-refractivity contribution >= 4 is 27.5 Å². The van der Waals surface area contributed by atoms with E-state index in [2.05, 4.69) is 38.2 Å². The van der Waals surface area contributed by atoms with E-state index in [1.165, 1.54) is 12.3 Å². The molecule has 3 atom stereocenters. The van der Waals surface area contributed by atoms with E-state index in [1.807, 2.05) is 12.1 Å². The summed E-state index contributed by atoms with van der Waals surface area (Å²) in [5.74, 6) is 1.52. The van der Waals surface area contributed by atoms with Crippen LogP contribution < -0.4 is 10.1 Å². The molecule has 47 heavy (non-hydrogen) atoms. The fraction of sp³-hybridized carbons (Fsp3) is 0.324. The number of ether oxygens (including phenoxy) is 2. The van der Waals surface area contributed by atoms with Crippen molar-refractivity contribution in [3.05, 3.63) is 89.1 Å². The predicted molar refractivity (Wildman–Crippen MR) is 174 cm³/mol. The monoisotopic (exact) mass is 635 g/mol. The van der Waals surface area contributed by atoms with Crippen LogP contribution in [0.4, 0.5) is 19.0 Å². The predicted octanol–water partition coefficient (Wildman–Crippen LogP) is 6.79. The molecule has 0 aliphatic carbocycles. The molecule has 5 heterocycles. The number of benzene rings is 3. The van der Waals surface area contributed by atoms with Gasteiger partial charge in [0.15, 0.2) is 5.82 Å². The Morgan fingerprint density at radius 3 is 2.85 bits per heavy atom. The van der Waals surface area contributed by atoms with Crippen LogP contribution in [0.2, 0.25) is 0 Å². The van der Waals surface area contributed by atoms with Gasteiger partial charge in [-0.1, -0.05) is 54.5 Å². The third kappa shape index (κ3) is 5.43. The van der Waals surface area contributed by atoms with E-state index in [-0.39, 0.29) is 35.5 Å². The van der Waals surface area contributed by atoms with Crippen molar-refractivity contribution < 1.29 is 22.6 Å². The molecule has 0 amide bonds. The first-order valence-corrected chi connectivity index (χ1v) is 15.9. The minimum Gasteiger partial charge on any atom is -0.461 e. The Kier molecular flexibility index (Phi) is 7.46. The number of halogens is 3. The Hall–Kier alpha value is -4.72. The highest BCUT2D eigenvalue weighted by atomic mass is 19.1. The smallest absolute Gasteiger partial charge is 0.317 e. The summed E-state index contributed by atoms with van der Waals surface area (Å²) in [5, 5.41) is 4.77. The lowest BCUT2D eigenvalue weighted by molar-refractivity contribution is 0.107. The molecule has 1 N–H and O–H groups in total. The molecule has 3 saturated heterocycles. The highest BCUT2D eigenvalue weighted by molar-refractivity contribution is 6.02. The van der Waals surface area contributed by atoms with Crippen LogP contribution >= 0.6 is 0 Å². The summed E-state index contributed by atoms with van der Waals surface area (Å²) in [6, 6.07) is 16.4. The van der Waals surface area contributed by atoms with Gasteiger partial charge in [0.2, 0.25) is 0 Å². The van der Waals surface area contributed by atoms with E-state index in [0.29, 0.717) is 53.5 Å². The quantitative estimate of drug-likeness (QED) is 0.141. The number of pyridine rings is 1. The zero-order chi connectivity index (χ0) is 32.1. The molecule has 8 rings (SSSR count). The maximum absolute atomic E-state index is 16.6. The molecule has 1 unspecified atom stereocenters. The van der Waals surface area contributed by atoms with Gasteiger partial charge in [0.25, 0.3) is 0 Å². The number of hydrogen-bond acceptors (Lipinski definition) is 7. The van der Waals surface area contributed by atoms with Crippen molar-refractivity contribution in [1.29, 1.82) is 0 Å². The first kappa shape index (κ1) is 29.7. The van der Waals surface area contributed by atoms with Crippen molar-refractivity contribution in [1.82, 2.24) is 19.9 Å². The third-order valence-electron chi connectivity index (χ3n) is 9.65. The van der Waals surface area contributed by atoms with E-state index in [1.54, 1.807) is 24.3 Å². The number of nitrogens with one attached hydrogen (secondary N) is 1. The molecule has 3 fully saturated rings. The number of aromatic nitrogens is 3. The van der Waals surface area contributed by atoms with Crippen LogP contribution in [-0.4, -0.2) is 64.4 Å².